The van der Waals surface area contributed by atoms with E-state index >= 15 is 0 Å². The van der Waals surface area contributed by atoms with Crippen LogP contribution in [0.3, 0.4) is 0 Å². The minimum Gasteiger partial charge on any atom is -0.508 e. The molecule has 4 rings (SSSR count). The predicted molar refractivity (Wildman–Crippen MR) is 96.3 cm³/mol. The van der Waals surface area contributed by atoms with Gasteiger partial charge in [-0.25, -0.2) is 0 Å². The average molecular weight is 355 g/mol. The van der Waals surface area contributed by atoms with Crippen molar-refractivity contribution in [3.63, 3.8) is 0 Å². The lowest BCUT2D eigenvalue weighted by Gasteiger charge is -2.25. The first kappa shape index (κ1) is 15.7. The van der Waals surface area contributed by atoms with Crippen molar-refractivity contribution in [3.05, 3.63) is 59.4 Å². The second kappa shape index (κ2) is 6.26. The molecule has 1 aromatic heterocycles. The summed E-state index contributed by atoms with van der Waals surface area (Å²) >= 11 is 6.08. The van der Waals surface area contributed by atoms with Crippen LogP contribution in [0.4, 0.5) is 5.69 Å². The zero-order valence-corrected chi connectivity index (χ0v) is 14.0. The Balaban J connectivity index is 1.68. The second-order valence-corrected chi connectivity index (χ2v) is 6.39. The molecule has 0 saturated carbocycles. The van der Waals surface area contributed by atoms with Crippen LogP contribution in [0.15, 0.2) is 48.8 Å². The summed E-state index contributed by atoms with van der Waals surface area (Å²) in [5, 5.41) is 14.8. The molecule has 2 aromatic carbocycles. The number of hydrogen-bond donors (Lipinski definition) is 2. The van der Waals surface area contributed by atoms with E-state index in [1.807, 2.05) is 0 Å². The van der Waals surface area contributed by atoms with Gasteiger partial charge >= 0.3 is 0 Å². The third kappa shape index (κ3) is 2.98. The van der Waals surface area contributed by atoms with Crippen molar-refractivity contribution in [2.24, 2.45) is 0 Å². The molecule has 0 bridgehead atoms. The molecule has 1 aliphatic rings. The van der Waals surface area contributed by atoms with Crippen LogP contribution in [0.1, 0.15) is 17.9 Å². The normalized spacial score (nSPS) is 16.1. The Labute approximate surface area is 149 Å². The number of hydrogen-bond acceptors (Lipinski definition) is 4. The Hall–Kier alpha value is -2.79. The summed E-state index contributed by atoms with van der Waals surface area (Å²) in [5.74, 6) is 0.321. The summed E-state index contributed by atoms with van der Waals surface area (Å²) in [6, 6.07) is 10.3. The first-order valence-corrected chi connectivity index (χ1v) is 8.29. The Kier molecular flexibility index (Phi) is 3.93. The van der Waals surface area contributed by atoms with E-state index in [9.17, 15) is 9.90 Å². The molecule has 1 amide bonds. The molecule has 0 fully saturated rings. The monoisotopic (exact) mass is 354 g/mol. The maximum absolute atomic E-state index is 12.9. The summed E-state index contributed by atoms with van der Waals surface area (Å²) in [7, 11) is 0. The number of rotatable bonds is 2. The van der Waals surface area contributed by atoms with Crippen LogP contribution in [0.5, 0.6) is 11.5 Å². The van der Waals surface area contributed by atoms with Gasteiger partial charge in [-0.15, -0.1) is 0 Å². The van der Waals surface area contributed by atoms with Gasteiger partial charge in [0.15, 0.2) is 0 Å². The highest BCUT2D eigenvalue weighted by molar-refractivity contribution is 6.30. The van der Waals surface area contributed by atoms with Crippen molar-refractivity contribution in [1.82, 2.24) is 4.98 Å². The molecule has 0 spiro atoms. The van der Waals surface area contributed by atoms with Crippen molar-refractivity contribution in [1.29, 1.82) is 0 Å². The Morgan fingerprint density at radius 3 is 3.00 bits per heavy atom. The van der Waals surface area contributed by atoms with E-state index in [1.54, 1.807) is 48.8 Å². The molecule has 6 heteroatoms. The third-order valence-corrected chi connectivity index (χ3v) is 4.57. The van der Waals surface area contributed by atoms with E-state index in [0.717, 1.165) is 16.3 Å². The molecule has 0 saturated heterocycles. The van der Waals surface area contributed by atoms with E-state index in [-0.39, 0.29) is 17.6 Å². The number of benzene rings is 2. The van der Waals surface area contributed by atoms with Gasteiger partial charge in [-0.1, -0.05) is 11.6 Å². The van der Waals surface area contributed by atoms with Gasteiger partial charge in [0.1, 0.15) is 11.5 Å². The summed E-state index contributed by atoms with van der Waals surface area (Å²) in [4.78, 5) is 17.0. The van der Waals surface area contributed by atoms with E-state index in [0.29, 0.717) is 29.5 Å². The van der Waals surface area contributed by atoms with Gasteiger partial charge < -0.3 is 15.2 Å². The SMILES string of the molecule is O=C(Nc1cncc2ccc(O)cc12)C1CCOc2ccc(Cl)cc21. The molecule has 1 atom stereocenters. The molecule has 5 nitrogen and oxygen atoms in total. The Morgan fingerprint density at radius 1 is 1.24 bits per heavy atom. The van der Waals surface area contributed by atoms with Crippen LogP contribution < -0.4 is 10.1 Å². The first-order valence-electron chi connectivity index (χ1n) is 7.91. The van der Waals surface area contributed by atoms with Crippen LogP contribution in [0.25, 0.3) is 10.8 Å². The fourth-order valence-corrected chi connectivity index (χ4v) is 3.29. The maximum atomic E-state index is 12.9. The summed E-state index contributed by atoms with van der Waals surface area (Å²) in [6.45, 7) is 0.474. The van der Waals surface area contributed by atoms with Gasteiger partial charge in [-0.2, -0.15) is 0 Å². The highest BCUT2D eigenvalue weighted by atomic mass is 35.5. The number of aromatic hydroxyl groups is 1. The van der Waals surface area contributed by atoms with Crippen molar-refractivity contribution in [2.75, 3.05) is 11.9 Å². The number of fused-ring (bicyclic) bond motifs is 2. The number of amides is 1. The number of nitrogens with one attached hydrogen (secondary N) is 1. The zero-order valence-electron chi connectivity index (χ0n) is 13.2. The number of aromatic nitrogens is 1. The number of carbonyl (C=O) groups is 1. The number of phenolic OH excluding ortho intramolecular Hbond substituents is 1. The molecular formula is C19H15ClN2O3. The summed E-state index contributed by atoms with van der Waals surface area (Å²) in [5.41, 5.74) is 1.35. The number of pyridine rings is 1. The van der Waals surface area contributed by atoms with Gasteiger partial charge in [0, 0.05) is 27.6 Å². The summed E-state index contributed by atoms with van der Waals surface area (Å²) in [6.07, 6.45) is 3.84. The summed E-state index contributed by atoms with van der Waals surface area (Å²) < 4.78 is 5.61. The largest absolute Gasteiger partial charge is 0.508 e. The van der Waals surface area contributed by atoms with Gasteiger partial charge in [-0.3, -0.25) is 9.78 Å². The highest BCUT2D eigenvalue weighted by Gasteiger charge is 2.28. The standard InChI is InChI=1S/C19H15ClN2O3/c20-12-2-4-18-16(7-12)14(5-6-25-18)19(24)22-17-10-21-9-11-1-3-13(23)8-15(11)17/h1-4,7-10,14,23H,5-6H2,(H,22,24). The van der Waals surface area contributed by atoms with Crippen LogP contribution in [-0.2, 0) is 4.79 Å². The number of carbonyl (C=O) groups excluding carboxylic acids is 1. The average Bonchev–Trinajstić information content (AvgIpc) is 2.61. The lowest BCUT2D eigenvalue weighted by Crippen LogP contribution is -2.26. The quantitative estimate of drug-likeness (QED) is 0.726. The van der Waals surface area contributed by atoms with E-state index < -0.39 is 0 Å². The zero-order chi connectivity index (χ0) is 17.4. The predicted octanol–water partition coefficient (Wildman–Crippen LogP) is 4.10. The molecular weight excluding hydrogens is 340 g/mol. The van der Waals surface area contributed by atoms with Crippen LogP contribution >= 0.6 is 11.6 Å². The topological polar surface area (TPSA) is 71.5 Å². The molecule has 0 radical (unpaired) electrons. The van der Waals surface area contributed by atoms with E-state index in [4.69, 9.17) is 16.3 Å². The lowest BCUT2D eigenvalue weighted by molar-refractivity contribution is -0.118. The Bertz CT molecular complexity index is 974. The lowest BCUT2D eigenvalue weighted by atomic mass is 9.92. The fraction of sp³-hybridized carbons (Fsp3) is 0.158. The third-order valence-electron chi connectivity index (χ3n) is 4.33. The molecule has 126 valence electrons. The van der Waals surface area contributed by atoms with Crippen molar-refractivity contribution < 1.29 is 14.6 Å². The van der Waals surface area contributed by atoms with Crippen molar-refractivity contribution in [3.8, 4) is 11.5 Å². The van der Waals surface area contributed by atoms with Gasteiger partial charge in [0.25, 0.3) is 0 Å². The van der Waals surface area contributed by atoms with Crippen molar-refractivity contribution >= 4 is 34.0 Å². The van der Waals surface area contributed by atoms with Crippen molar-refractivity contribution in [2.45, 2.75) is 12.3 Å². The van der Waals surface area contributed by atoms with Gasteiger partial charge in [0.05, 0.1) is 24.4 Å². The van der Waals surface area contributed by atoms with E-state index in [2.05, 4.69) is 10.3 Å². The minimum atomic E-state index is -0.352. The highest BCUT2D eigenvalue weighted by Crippen LogP contribution is 2.36. The molecule has 0 aliphatic carbocycles. The second-order valence-electron chi connectivity index (χ2n) is 5.95. The van der Waals surface area contributed by atoms with Gasteiger partial charge in [-0.05, 0) is 42.8 Å². The molecule has 1 aliphatic heterocycles. The molecule has 3 aromatic rings. The number of ether oxygens (including phenoxy) is 1. The van der Waals surface area contributed by atoms with Crippen LogP contribution in [-0.4, -0.2) is 22.6 Å². The number of phenols is 1. The van der Waals surface area contributed by atoms with Crippen LogP contribution in [0.2, 0.25) is 5.02 Å². The number of anilines is 1. The smallest absolute Gasteiger partial charge is 0.232 e. The Morgan fingerprint density at radius 2 is 2.12 bits per heavy atom. The molecule has 2 N–H and O–H groups in total. The maximum Gasteiger partial charge on any atom is 0.232 e. The first-order chi connectivity index (χ1) is 12.1. The van der Waals surface area contributed by atoms with E-state index in [1.165, 1.54) is 0 Å². The molecule has 2 heterocycles. The number of nitrogens with zero attached hydrogens (tertiary/aromatic N) is 1. The van der Waals surface area contributed by atoms with Gasteiger partial charge in [0.2, 0.25) is 5.91 Å². The molecule has 25 heavy (non-hydrogen) atoms. The minimum absolute atomic E-state index is 0.136. The molecule has 1 unspecified atom stereocenters. The fourth-order valence-electron chi connectivity index (χ4n) is 3.11. The number of halogens is 1. The van der Waals surface area contributed by atoms with Crippen LogP contribution in [0, 0.1) is 0 Å².